The first-order valence-corrected chi connectivity index (χ1v) is 19.8. The largest absolute Gasteiger partial charge is 0.490 e. The van der Waals surface area contributed by atoms with E-state index < -0.39 is 15.9 Å². The van der Waals surface area contributed by atoms with E-state index in [0.29, 0.717) is 37.2 Å². The number of rotatable bonds is 2. The summed E-state index contributed by atoms with van der Waals surface area (Å²) >= 11 is 6.46. The summed E-state index contributed by atoms with van der Waals surface area (Å²) in [5, 5.41) is 0.751. The van der Waals surface area contributed by atoms with Crippen molar-refractivity contribution in [1.82, 2.24) is 9.62 Å². The molecule has 0 unspecified atom stereocenters. The molecule has 1 saturated carbocycles. The summed E-state index contributed by atoms with van der Waals surface area (Å²) in [6, 6.07) is 11.9. The third kappa shape index (κ3) is 6.97. The fourth-order valence-corrected chi connectivity index (χ4v) is 10.5. The number of hydrogen-bond acceptors (Lipinski definition) is 8. The van der Waals surface area contributed by atoms with Crippen molar-refractivity contribution in [3.63, 3.8) is 0 Å². The molecule has 1 N–H and O–H groups in total. The zero-order valence-electron chi connectivity index (χ0n) is 28.5. The Hall–Kier alpha value is -2.37. The first-order chi connectivity index (χ1) is 23.0. The highest BCUT2D eigenvalue weighted by molar-refractivity contribution is 7.90. The van der Waals surface area contributed by atoms with Gasteiger partial charge in [-0.05, 0) is 118 Å². The van der Waals surface area contributed by atoms with Crippen LogP contribution in [0.1, 0.15) is 73.4 Å². The summed E-state index contributed by atoms with van der Waals surface area (Å²) in [5.41, 5.74) is 3.50. The first-order valence-electron chi connectivity index (χ1n) is 17.8. The quantitative estimate of drug-likeness (QED) is 0.431. The van der Waals surface area contributed by atoms with Crippen LogP contribution in [-0.4, -0.2) is 84.3 Å². The predicted molar refractivity (Wildman–Crippen MR) is 187 cm³/mol. The van der Waals surface area contributed by atoms with Crippen molar-refractivity contribution in [2.75, 3.05) is 57.7 Å². The van der Waals surface area contributed by atoms with Crippen LogP contribution < -0.4 is 14.4 Å². The summed E-state index contributed by atoms with van der Waals surface area (Å²) in [4.78, 5) is 18.0. The molecular weight excluding hydrogens is 650 g/mol. The highest BCUT2D eigenvalue weighted by Gasteiger charge is 2.46. The Kier molecular flexibility index (Phi) is 9.76. The molecule has 262 valence electrons. The Morgan fingerprint density at radius 2 is 1.81 bits per heavy atom. The van der Waals surface area contributed by atoms with E-state index in [1.54, 1.807) is 6.07 Å². The lowest BCUT2D eigenvalue weighted by Gasteiger charge is -2.49. The van der Waals surface area contributed by atoms with Crippen LogP contribution in [0.3, 0.4) is 0 Å². The average Bonchev–Trinajstić information content (AvgIpc) is 3.18. The summed E-state index contributed by atoms with van der Waals surface area (Å²) in [5.74, 6) is 1.01. The van der Waals surface area contributed by atoms with Gasteiger partial charge in [-0.2, -0.15) is 0 Å². The molecule has 2 aromatic rings. The molecule has 48 heavy (non-hydrogen) atoms. The van der Waals surface area contributed by atoms with E-state index in [2.05, 4.69) is 40.7 Å². The molecule has 2 fully saturated rings. The van der Waals surface area contributed by atoms with Crippen LogP contribution in [-0.2, 0) is 31.3 Å². The lowest BCUT2D eigenvalue weighted by molar-refractivity contribution is -0.240. The van der Waals surface area contributed by atoms with Crippen LogP contribution in [0.15, 0.2) is 36.4 Å². The van der Waals surface area contributed by atoms with E-state index in [1.165, 1.54) is 11.1 Å². The van der Waals surface area contributed by atoms with Gasteiger partial charge in [0.2, 0.25) is 10.0 Å². The number of likely N-dealkylation sites (N-methyl/N-ethyl adjacent to an activating group) is 1. The maximum absolute atomic E-state index is 13.4. The fourth-order valence-electron chi connectivity index (χ4n) is 8.93. The third-order valence-corrected chi connectivity index (χ3v) is 13.5. The Labute approximate surface area is 290 Å². The molecule has 9 nitrogen and oxygen atoms in total. The second kappa shape index (κ2) is 13.7. The van der Waals surface area contributed by atoms with Gasteiger partial charge in [0.15, 0.2) is 6.29 Å². The van der Waals surface area contributed by atoms with E-state index in [4.69, 9.17) is 25.8 Å². The Morgan fingerprint density at radius 3 is 2.56 bits per heavy atom. The number of hydrogen-bond donors (Lipinski definition) is 1. The minimum absolute atomic E-state index is 0.0901. The molecule has 11 heteroatoms. The Morgan fingerprint density at radius 1 is 1.00 bits per heavy atom. The molecule has 1 saturated heterocycles. The van der Waals surface area contributed by atoms with Crippen molar-refractivity contribution < 1.29 is 27.4 Å². The van der Waals surface area contributed by atoms with Crippen LogP contribution in [0.5, 0.6) is 5.75 Å². The maximum Gasteiger partial charge on any atom is 0.264 e. The SMILES string of the molecule is C[C@H]1CCC[C@H]([C@H]2OC[C@H](N(C)C)CO2)[C@@H]2CC[C@H]2CN2C[C@@]3(CCCc4cc(Cl)ccc43)COc3ccc(cc32)C(=O)NS(=O)(=O)C1. The van der Waals surface area contributed by atoms with Gasteiger partial charge >= 0.3 is 0 Å². The lowest BCUT2D eigenvalue weighted by Crippen LogP contribution is -2.52. The topological polar surface area (TPSA) is 97.4 Å². The number of fused-ring (bicyclic) bond motifs is 4. The van der Waals surface area contributed by atoms with Crippen molar-refractivity contribution in [2.45, 2.75) is 76.0 Å². The highest BCUT2D eigenvalue weighted by Crippen LogP contribution is 2.49. The van der Waals surface area contributed by atoms with Gasteiger partial charge in [-0.1, -0.05) is 31.0 Å². The van der Waals surface area contributed by atoms with Crippen LogP contribution in [0.25, 0.3) is 0 Å². The van der Waals surface area contributed by atoms with Crippen LogP contribution in [0, 0.1) is 23.7 Å². The Balaban J connectivity index is 1.25. The molecular formula is C37H50ClN3O6S. The number of benzene rings is 2. The number of carbonyl (C=O) groups excluding carboxylic acids is 1. The van der Waals surface area contributed by atoms with Gasteiger partial charge in [0, 0.05) is 35.0 Å². The molecule has 5 atom stereocenters. The number of amides is 1. The van der Waals surface area contributed by atoms with Gasteiger partial charge in [-0.15, -0.1) is 0 Å². The number of aryl methyl sites for hydroxylation is 1. The molecule has 3 heterocycles. The van der Waals surface area contributed by atoms with E-state index in [1.807, 2.05) is 25.1 Å². The smallest absolute Gasteiger partial charge is 0.264 e. The van der Waals surface area contributed by atoms with E-state index >= 15 is 0 Å². The van der Waals surface area contributed by atoms with Gasteiger partial charge in [0.1, 0.15) is 5.75 Å². The predicted octanol–water partition coefficient (Wildman–Crippen LogP) is 5.64. The van der Waals surface area contributed by atoms with Gasteiger partial charge < -0.3 is 24.0 Å². The van der Waals surface area contributed by atoms with Crippen molar-refractivity contribution in [2.24, 2.45) is 23.7 Å². The number of nitrogens with zero attached hydrogens (tertiary/aromatic N) is 2. The fraction of sp³-hybridized carbons (Fsp3) is 0.649. The van der Waals surface area contributed by atoms with Crippen LogP contribution in [0.2, 0.25) is 5.02 Å². The molecule has 5 aliphatic rings. The molecule has 3 aliphatic heterocycles. The molecule has 0 aromatic heterocycles. The van der Waals surface area contributed by atoms with Gasteiger partial charge in [-0.3, -0.25) is 4.79 Å². The number of sulfonamides is 1. The number of halogens is 1. The van der Waals surface area contributed by atoms with Crippen molar-refractivity contribution in [3.8, 4) is 5.75 Å². The van der Waals surface area contributed by atoms with Gasteiger partial charge in [0.05, 0.1) is 37.3 Å². The summed E-state index contributed by atoms with van der Waals surface area (Å²) < 4.78 is 48.2. The van der Waals surface area contributed by atoms with E-state index in [9.17, 15) is 13.2 Å². The zero-order chi connectivity index (χ0) is 33.6. The Bertz CT molecular complexity index is 1610. The van der Waals surface area contributed by atoms with Crippen molar-refractivity contribution in [3.05, 3.63) is 58.1 Å². The highest BCUT2D eigenvalue weighted by atomic mass is 35.5. The number of carbonyl (C=O) groups is 1. The number of nitrogens with one attached hydrogen (secondary N) is 1. The third-order valence-electron chi connectivity index (χ3n) is 11.8. The summed E-state index contributed by atoms with van der Waals surface area (Å²) in [7, 11) is 0.295. The molecule has 1 spiro atoms. The van der Waals surface area contributed by atoms with Crippen molar-refractivity contribution >= 4 is 33.2 Å². The molecule has 7 rings (SSSR count). The molecule has 1 amide bonds. The van der Waals surface area contributed by atoms with Crippen molar-refractivity contribution in [1.29, 1.82) is 0 Å². The minimum atomic E-state index is -3.82. The second-order valence-corrected chi connectivity index (χ2v) is 17.6. The molecule has 2 aliphatic carbocycles. The van der Waals surface area contributed by atoms with Gasteiger partial charge in [0.25, 0.3) is 5.91 Å². The van der Waals surface area contributed by atoms with Gasteiger partial charge in [-0.25, -0.2) is 13.1 Å². The zero-order valence-corrected chi connectivity index (χ0v) is 30.0. The van der Waals surface area contributed by atoms with E-state index in [0.717, 1.165) is 80.9 Å². The molecule has 2 aromatic carbocycles. The minimum Gasteiger partial charge on any atom is -0.490 e. The first kappa shape index (κ1) is 34.1. The second-order valence-electron chi connectivity index (χ2n) is 15.4. The maximum atomic E-state index is 13.4. The number of anilines is 1. The normalized spacial score (nSPS) is 33.9. The summed E-state index contributed by atoms with van der Waals surface area (Å²) in [6.07, 6.45) is 7.54. The van der Waals surface area contributed by atoms with E-state index in [-0.39, 0.29) is 35.3 Å². The summed E-state index contributed by atoms with van der Waals surface area (Å²) in [6.45, 7) is 5.32. The number of ether oxygens (including phenoxy) is 3. The average molecular weight is 700 g/mol. The lowest BCUT2D eigenvalue weighted by atomic mass is 9.64. The molecule has 0 radical (unpaired) electrons. The molecule has 2 bridgehead atoms. The monoisotopic (exact) mass is 699 g/mol. The standard InChI is InChI=1S/C37H50ClN3O6S/c1-24-6-4-8-31(36-45-19-29(20-46-36)40(2)3)30-12-9-27(30)18-41-22-37(15-5-7-25-16-28(38)11-13-32(25)37)23-47-34-14-10-26(17-33(34)41)35(42)39-48(43,44)21-24/h10-11,13-14,16-17,24,27,29-31,36H,4-9,12,15,18-23H2,1-3H3,(H,39,42)/t24-,27-,29-,30+,31-,36-,37-/m0/s1. The van der Waals surface area contributed by atoms with Crippen LogP contribution in [0.4, 0.5) is 5.69 Å². The van der Waals surface area contributed by atoms with Crippen LogP contribution >= 0.6 is 11.6 Å².